The molecule has 59 valence electrons. The first-order chi connectivity index (χ1) is 5.24. The van der Waals surface area contributed by atoms with Crippen molar-refractivity contribution in [3.05, 3.63) is 41.3 Å². The van der Waals surface area contributed by atoms with E-state index in [1.54, 1.807) is 0 Å². The van der Waals surface area contributed by atoms with E-state index in [0.29, 0.717) is 0 Å². The molecule has 0 aliphatic heterocycles. The summed E-state index contributed by atoms with van der Waals surface area (Å²) in [5.74, 6) is 0. The smallest absolute Gasteiger partial charge is 0.00957 e. The summed E-state index contributed by atoms with van der Waals surface area (Å²) in [7, 11) is 0. The molecule has 0 saturated heterocycles. The van der Waals surface area contributed by atoms with Gasteiger partial charge in [-0.05, 0) is 43.4 Å². The monoisotopic (exact) mass is 147 g/mol. The Morgan fingerprint density at radius 3 is 2.45 bits per heavy atom. The third-order valence-electron chi connectivity index (χ3n) is 1.97. The molecule has 0 unspecified atom stereocenters. The Labute approximate surface area is 69.3 Å². The number of hydrogen-bond donors (Lipinski definition) is 0. The van der Waals surface area contributed by atoms with Crippen LogP contribution in [-0.4, -0.2) is 0 Å². The fourth-order valence-corrected chi connectivity index (χ4v) is 1.13. The number of benzene rings is 1. The van der Waals surface area contributed by atoms with Crippen LogP contribution in [-0.2, 0) is 0 Å². The van der Waals surface area contributed by atoms with Gasteiger partial charge in [0.1, 0.15) is 0 Å². The minimum Gasteiger partial charge on any atom is -0.0648 e. The third kappa shape index (κ3) is 2.07. The van der Waals surface area contributed by atoms with Gasteiger partial charge in [0.25, 0.3) is 0 Å². The highest BCUT2D eigenvalue weighted by Crippen LogP contribution is 2.12. The lowest BCUT2D eigenvalue weighted by molar-refractivity contribution is 1.11. The van der Waals surface area contributed by atoms with E-state index in [-0.39, 0.29) is 0 Å². The van der Waals surface area contributed by atoms with Crippen LogP contribution in [0.4, 0.5) is 0 Å². The summed E-state index contributed by atoms with van der Waals surface area (Å²) >= 11 is 0. The van der Waals surface area contributed by atoms with E-state index in [1.807, 2.05) is 0 Å². The van der Waals surface area contributed by atoms with E-state index < -0.39 is 0 Å². The highest BCUT2D eigenvalue weighted by Gasteiger charge is 1.94. The molecule has 0 amide bonds. The summed E-state index contributed by atoms with van der Waals surface area (Å²) in [5, 5.41) is 0. The molecule has 0 N–H and O–H groups in total. The summed E-state index contributed by atoms with van der Waals surface area (Å²) in [6.07, 6.45) is 3.36. The van der Waals surface area contributed by atoms with Crippen LogP contribution in [0.2, 0.25) is 0 Å². The van der Waals surface area contributed by atoms with E-state index in [2.05, 4.69) is 45.4 Å². The van der Waals surface area contributed by atoms with Gasteiger partial charge in [-0.25, -0.2) is 0 Å². The number of aryl methyl sites for hydroxylation is 2. The predicted octanol–water partition coefficient (Wildman–Crippen LogP) is 3.27. The maximum atomic E-state index is 2.24. The third-order valence-corrected chi connectivity index (χ3v) is 1.97. The molecule has 1 rings (SSSR count). The average Bonchev–Trinajstić information content (AvgIpc) is 1.98. The summed E-state index contributed by atoms with van der Waals surface area (Å²) in [4.78, 5) is 0. The maximum Gasteiger partial charge on any atom is -0.00957 e. The van der Waals surface area contributed by atoms with Crippen LogP contribution in [0.3, 0.4) is 0 Å². The molecule has 0 aliphatic carbocycles. The molecule has 0 bridgehead atoms. The van der Waals surface area contributed by atoms with Gasteiger partial charge in [-0.2, -0.15) is 0 Å². The molecule has 1 aromatic rings. The summed E-state index contributed by atoms with van der Waals surface area (Å²) in [6.45, 7) is 6.46. The van der Waals surface area contributed by atoms with Crippen LogP contribution in [0.15, 0.2) is 18.2 Å². The van der Waals surface area contributed by atoms with Crippen LogP contribution >= 0.6 is 0 Å². The van der Waals surface area contributed by atoms with Crippen LogP contribution < -0.4 is 0 Å². The lowest BCUT2D eigenvalue weighted by atomic mass is 10.0. The zero-order chi connectivity index (χ0) is 8.27. The van der Waals surface area contributed by atoms with Crippen molar-refractivity contribution in [3.63, 3.8) is 0 Å². The fourth-order valence-electron chi connectivity index (χ4n) is 1.13. The molecular formula is C11H15. The predicted molar refractivity (Wildman–Crippen MR) is 49.6 cm³/mol. The van der Waals surface area contributed by atoms with E-state index in [9.17, 15) is 0 Å². The Morgan fingerprint density at radius 1 is 1.18 bits per heavy atom. The zero-order valence-electron chi connectivity index (χ0n) is 7.52. The Hall–Kier alpha value is -0.780. The zero-order valence-corrected chi connectivity index (χ0v) is 7.52. The second-order valence-electron chi connectivity index (χ2n) is 2.96. The van der Waals surface area contributed by atoms with Crippen molar-refractivity contribution < 1.29 is 0 Å². The Balaban J connectivity index is 2.86. The first-order valence-electron chi connectivity index (χ1n) is 4.14. The standard InChI is InChI=1S/C11H15/c1-4-5-11-7-6-9(2)10(3)8-11/h5-8H,4H2,1-3H3. The average molecular weight is 147 g/mol. The van der Waals surface area contributed by atoms with Gasteiger partial charge in [0.2, 0.25) is 0 Å². The minimum absolute atomic E-state index is 1.11. The molecule has 0 aliphatic rings. The van der Waals surface area contributed by atoms with Crippen LogP contribution in [0, 0.1) is 20.3 Å². The van der Waals surface area contributed by atoms with Gasteiger partial charge < -0.3 is 0 Å². The molecule has 0 heterocycles. The van der Waals surface area contributed by atoms with E-state index in [1.165, 1.54) is 16.7 Å². The van der Waals surface area contributed by atoms with Crippen LogP contribution in [0.5, 0.6) is 0 Å². The van der Waals surface area contributed by atoms with Crippen LogP contribution in [0.25, 0.3) is 0 Å². The topological polar surface area (TPSA) is 0 Å². The quantitative estimate of drug-likeness (QED) is 0.602. The minimum atomic E-state index is 1.11. The maximum absolute atomic E-state index is 2.24. The molecule has 0 saturated carbocycles. The molecule has 0 heteroatoms. The van der Waals surface area contributed by atoms with Gasteiger partial charge in [0, 0.05) is 0 Å². The molecule has 1 radical (unpaired) electrons. The van der Waals surface area contributed by atoms with Gasteiger partial charge >= 0.3 is 0 Å². The van der Waals surface area contributed by atoms with Gasteiger partial charge in [0.05, 0.1) is 0 Å². The Kier molecular flexibility index (Phi) is 2.70. The molecule has 1 aromatic carbocycles. The summed E-state index contributed by atoms with van der Waals surface area (Å²) in [6, 6.07) is 6.58. The molecule has 11 heavy (non-hydrogen) atoms. The molecule has 0 nitrogen and oxygen atoms in total. The molecule has 0 atom stereocenters. The van der Waals surface area contributed by atoms with Crippen molar-refractivity contribution in [1.82, 2.24) is 0 Å². The van der Waals surface area contributed by atoms with E-state index in [4.69, 9.17) is 0 Å². The Morgan fingerprint density at radius 2 is 1.91 bits per heavy atom. The Bertz CT molecular complexity index is 236. The summed E-state index contributed by atoms with van der Waals surface area (Å²) < 4.78 is 0. The second kappa shape index (κ2) is 3.56. The van der Waals surface area contributed by atoms with Crippen molar-refractivity contribution in [2.45, 2.75) is 27.2 Å². The highest BCUT2D eigenvalue weighted by atomic mass is 14.0. The van der Waals surface area contributed by atoms with E-state index >= 15 is 0 Å². The van der Waals surface area contributed by atoms with Crippen molar-refractivity contribution in [3.8, 4) is 0 Å². The first-order valence-corrected chi connectivity index (χ1v) is 4.14. The normalized spacial score (nSPS) is 10.1. The van der Waals surface area contributed by atoms with Gasteiger partial charge in [0.15, 0.2) is 0 Å². The lowest BCUT2D eigenvalue weighted by Crippen LogP contribution is -1.84. The van der Waals surface area contributed by atoms with Crippen molar-refractivity contribution in [1.29, 1.82) is 0 Å². The molecule has 0 aromatic heterocycles. The second-order valence-corrected chi connectivity index (χ2v) is 2.96. The largest absolute Gasteiger partial charge is 0.0648 e. The molecule has 0 fully saturated rings. The van der Waals surface area contributed by atoms with Crippen molar-refractivity contribution in [2.75, 3.05) is 0 Å². The highest BCUT2D eigenvalue weighted by molar-refractivity contribution is 5.33. The number of rotatable bonds is 2. The van der Waals surface area contributed by atoms with Gasteiger partial charge in [-0.3, -0.25) is 0 Å². The lowest BCUT2D eigenvalue weighted by Gasteiger charge is -2.02. The number of hydrogen-bond acceptors (Lipinski definition) is 0. The van der Waals surface area contributed by atoms with Crippen LogP contribution in [0.1, 0.15) is 30.0 Å². The van der Waals surface area contributed by atoms with E-state index in [0.717, 1.165) is 6.42 Å². The van der Waals surface area contributed by atoms with Gasteiger partial charge in [-0.15, -0.1) is 0 Å². The van der Waals surface area contributed by atoms with Crippen molar-refractivity contribution >= 4 is 0 Å². The summed E-state index contributed by atoms with van der Waals surface area (Å²) in [5.41, 5.74) is 4.10. The SMILES string of the molecule is CC[CH]c1ccc(C)c(C)c1. The first kappa shape index (κ1) is 8.32. The van der Waals surface area contributed by atoms with Gasteiger partial charge in [-0.1, -0.05) is 25.1 Å². The van der Waals surface area contributed by atoms with Crippen molar-refractivity contribution in [2.24, 2.45) is 0 Å². The molecular weight excluding hydrogens is 132 g/mol. The molecule has 0 spiro atoms. The fraction of sp³-hybridized carbons (Fsp3) is 0.364.